The second-order valence-corrected chi connectivity index (χ2v) is 6.81. The number of amides is 1. The topological polar surface area (TPSA) is 38.3 Å². The van der Waals surface area contributed by atoms with Crippen molar-refractivity contribution >= 4 is 11.6 Å². The number of carbonyl (C=O) groups is 1. The molecule has 3 rings (SSSR count). The molecule has 1 aliphatic rings. The van der Waals surface area contributed by atoms with Crippen LogP contribution in [0.25, 0.3) is 0 Å². The molecule has 2 aromatic rings. The van der Waals surface area contributed by atoms with Gasteiger partial charge in [-0.1, -0.05) is 37.3 Å². The van der Waals surface area contributed by atoms with Crippen molar-refractivity contribution in [3.8, 4) is 5.75 Å². The quantitative estimate of drug-likeness (QED) is 0.847. The molecule has 132 valence electrons. The average molecular weight is 337 g/mol. The summed E-state index contributed by atoms with van der Waals surface area (Å²) in [5.41, 5.74) is 5.79. The van der Waals surface area contributed by atoms with Gasteiger partial charge in [0, 0.05) is 5.69 Å². The lowest BCUT2D eigenvalue weighted by Gasteiger charge is -2.22. The molecule has 0 radical (unpaired) electrons. The molecule has 0 spiro atoms. The van der Waals surface area contributed by atoms with E-state index in [1.54, 1.807) is 0 Å². The first-order valence-electron chi connectivity index (χ1n) is 9.27. The van der Waals surface area contributed by atoms with Gasteiger partial charge in [0.05, 0.1) is 0 Å². The maximum absolute atomic E-state index is 12.7. The van der Waals surface area contributed by atoms with E-state index in [1.807, 2.05) is 38.1 Å². The van der Waals surface area contributed by atoms with Gasteiger partial charge in [-0.3, -0.25) is 4.79 Å². The summed E-state index contributed by atoms with van der Waals surface area (Å²) in [6, 6.07) is 12.3. The fourth-order valence-corrected chi connectivity index (χ4v) is 3.53. The third-order valence-corrected chi connectivity index (χ3v) is 5.01. The molecule has 0 saturated heterocycles. The van der Waals surface area contributed by atoms with Crippen molar-refractivity contribution in [3.05, 3.63) is 58.7 Å². The lowest BCUT2D eigenvalue weighted by atomic mass is 9.91. The van der Waals surface area contributed by atoms with E-state index in [2.05, 4.69) is 24.4 Å². The Morgan fingerprint density at radius 2 is 1.92 bits per heavy atom. The van der Waals surface area contributed by atoms with E-state index in [4.69, 9.17) is 4.74 Å². The molecule has 0 saturated carbocycles. The highest BCUT2D eigenvalue weighted by atomic mass is 16.5. The molecular formula is C22H27NO2. The highest BCUT2D eigenvalue weighted by Gasteiger charge is 2.20. The van der Waals surface area contributed by atoms with Gasteiger partial charge >= 0.3 is 0 Å². The number of hydrogen-bond acceptors (Lipinski definition) is 2. The Bertz CT molecular complexity index is 767. The van der Waals surface area contributed by atoms with Crippen molar-refractivity contribution in [1.29, 1.82) is 0 Å². The molecule has 1 amide bonds. The fraction of sp³-hybridized carbons (Fsp3) is 0.409. The van der Waals surface area contributed by atoms with Crippen molar-refractivity contribution in [3.63, 3.8) is 0 Å². The second-order valence-electron chi connectivity index (χ2n) is 6.81. The first kappa shape index (κ1) is 17.5. The Morgan fingerprint density at radius 3 is 2.72 bits per heavy atom. The molecule has 1 aliphatic carbocycles. The van der Waals surface area contributed by atoms with Crippen molar-refractivity contribution < 1.29 is 9.53 Å². The van der Waals surface area contributed by atoms with E-state index in [-0.39, 0.29) is 5.91 Å². The van der Waals surface area contributed by atoms with Crippen LogP contribution in [-0.2, 0) is 24.1 Å². The Balaban J connectivity index is 1.74. The maximum Gasteiger partial charge on any atom is 0.265 e. The Kier molecular flexibility index (Phi) is 5.42. The summed E-state index contributed by atoms with van der Waals surface area (Å²) in [5.74, 6) is 0.762. The van der Waals surface area contributed by atoms with Crippen LogP contribution in [0, 0.1) is 6.92 Å². The molecule has 0 bridgehead atoms. The van der Waals surface area contributed by atoms with Crippen LogP contribution in [0.15, 0.2) is 36.4 Å². The molecule has 3 nitrogen and oxygen atoms in total. The molecule has 1 atom stereocenters. The Morgan fingerprint density at radius 1 is 1.16 bits per heavy atom. The number of anilines is 1. The lowest BCUT2D eigenvalue weighted by Crippen LogP contribution is -2.31. The number of para-hydroxylation sites is 1. The Hall–Kier alpha value is -2.29. The van der Waals surface area contributed by atoms with E-state index in [9.17, 15) is 4.79 Å². The van der Waals surface area contributed by atoms with E-state index in [1.165, 1.54) is 24.0 Å². The van der Waals surface area contributed by atoms with Gasteiger partial charge in [0.1, 0.15) is 5.75 Å². The van der Waals surface area contributed by atoms with Gasteiger partial charge in [0.15, 0.2) is 6.10 Å². The van der Waals surface area contributed by atoms with Crippen molar-refractivity contribution in [2.75, 3.05) is 5.32 Å². The summed E-state index contributed by atoms with van der Waals surface area (Å²) in [5, 5.41) is 3.07. The number of hydrogen-bond donors (Lipinski definition) is 1. The van der Waals surface area contributed by atoms with Gasteiger partial charge in [-0.2, -0.15) is 0 Å². The minimum Gasteiger partial charge on any atom is -0.481 e. The number of benzene rings is 2. The SMILES string of the molecule is CCc1cccc(C)c1NC(=O)C(C)Oc1cccc2c1CCCC2. The molecule has 2 aromatic carbocycles. The maximum atomic E-state index is 12.7. The molecule has 0 aliphatic heterocycles. The lowest BCUT2D eigenvalue weighted by molar-refractivity contribution is -0.122. The molecule has 1 unspecified atom stereocenters. The summed E-state index contributed by atoms with van der Waals surface area (Å²) in [6.45, 7) is 5.94. The fourth-order valence-electron chi connectivity index (χ4n) is 3.53. The summed E-state index contributed by atoms with van der Waals surface area (Å²) >= 11 is 0. The number of aryl methyl sites for hydroxylation is 3. The number of nitrogens with one attached hydrogen (secondary N) is 1. The normalized spacial score (nSPS) is 14.5. The number of rotatable bonds is 5. The zero-order valence-electron chi connectivity index (χ0n) is 15.4. The van der Waals surface area contributed by atoms with Gasteiger partial charge < -0.3 is 10.1 Å². The molecule has 0 aromatic heterocycles. The monoisotopic (exact) mass is 337 g/mol. The van der Waals surface area contributed by atoms with Crippen LogP contribution in [0.3, 0.4) is 0 Å². The summed E-state index contributed by atoms with van der Waals surface area (Å²) < 4.78 is 6.05. The van der Waals surface area contributed by atoms with Crippen molar-refractivity contribution in [1.82, 2.24) is 0 Å². The zero-order chi connectivity index (χ0) is 17.8. The molecular weight excluding hydrogens is 310 g/mol. The third kappa shape index (κ3) is 3.87. The molecule has 1 N–H and O–H groups in total. The van der Waals surface area contributed by atoms with Crippen molar-refractivity contribution in [2.45, 2.75) is 59.0 Å². The molecule has 25 heavy (non-hydrogen) atoms. The Labute approximate surface area is 150 Å². The largest absolute Gasteiger partial charge is 0.481 e. The predicted molar refractivity (Wildman–Crippen MR) is 102 cm³/mol. The third-order valence-electron chi connectivity index (χ3n) is 5.01. The van der Waals surface area contributed by atoms with Crippen LogP contribution in [0.4, 0.5) is 5.69 Å². The van der Waals surface area contributed by atoms with Crippen LogP contribution >= 0.6 is 0 Å². The van der Waals surface area contributed by atoms with Gasteiger partial charge in [-0.15, -0.1) is 0 Å². The first-order chi connectivity index (χ1) is 12.1. The van der Waals surface area contributed by atoms with Crippen LogP contribution < -0.4 is 10.1 Å². The van der Waals surface area contributed by atoms with E-state index < -0.39 is 6.10 Å². The highest BCUT2D eigenvalue weighted by molar-refractivity contribution is 5.95. The van der Waals surface area contributed by atoms with Gasteiger partial charge in [0.25, 0.3) is 5.91 Å². The van der Waals surface area contributed by atoms with Gasteiger partial charge in [-0.05, 0) is 74.3 Å². The second kappa shape index (κ2) is 7.73. The first-order valence-corrected chi connectivity index (χ1v) is 9.27. The minimum absolute atomic E-state index is 0.0996. The number of ether oxygens (including phenoxy) is 1. The number of carbonyl (C=O) groups excluding carboxylic acids is 1. The highest BCUT2D eigenvalue weighted by Crippen LogP contribution is 2.30. The summed E-state index contributed by atoms with van der Waals surface area (Å²) in [4.78, 5) is 12.7. The molecule has 0 fully saturated rings. The van der Waals surface area contributed by atoms with Gasteiger partial charge in [0.2, 0.25) is 0 Å². The smallest absolute Gasteiger partial charge is 0.265 e. The molecule has 3 heteroatoms. The van der Waals surface area contributed by atoms with Crippen LogP contribution in [0.2, 0.25) is 0 Å². The van der Waals surface area contributed by atoms with Crippen LogP contribution in [0.1, 0.15) is 48.9 Å². The van der Waals surface area contributed by atoms with Crippen molar-refractivity contribution in [2.24, 2.45) is 0 Å². The van der Waals surface area contributed by atoms with E-state index in [0.29, 0.717) is 0 Å². The zero-order valence-corrected chi connectivity index (χ0v) is 15.4. The standard InChI is InChI=1S/C22H27NO2/c1-4-17-11-7-9-15(2)21(17)23-22(24)16(3)25-20-14-8-12-18-10-5-6-13-19(18)20/h7-9,11-12,14,16H,4-6,10,13H2,1-3H3,(H,23,24). The number of fused-ring (bicyclic) bond motifs is 1. The van der Waals surface area contributed by atoms with Crippen LogP contribution in [0.5, 0.6) is 5.75 Å². The van der Waals surface area contributed by atoms with E-state index in [0.717, 1.165) is 41.8 Å². The predicted octanol–water partition coefficient (Wildman–Crippen LogP) is 4.84. The molecule has 0 heterocycles. The van der Waals surface area contributed by atoms with Gasteiger partial charge in [-0.25, -0.2) is 0 Å². The summed E-state index contributed by atoms with van der Waals surface area (Å²) in [7, 11) is 0. The van der Waals surface area contributed by atoms with Crippen LogP contribution in [-0.4, -0.2) is 12.0 Å². The average Bonchev–Trinajstić information content (AvgIpc) is 2.63. The summed E-state index contributed by atoms with van der Waals surface area (Å²) in [6.07, 6.45) is 4.93. The van der Waals surface area contributed by atoms with E-state index >= 15 is 0 Å². The minimum atomic E-state index is -0.530.